The summed E-state index contributed by atoms with van der Waals surface area (Å²) in [7, 11) is 0. The third-order valence-electron chi connectivity index (χ3n) is 6.92. The number of nitrogens with zero attached hydrogens (tertiary/aromatic N) is 4. The molecule has 1 unspecified atom stereocenters. The molecule has 0 bridgehead atoms. The lowest BCUT2D eigenvalue weighted by atomic mass is 9.92. The Labute approximate surface area is 194 Å². The zero-order valence-electron chi connectivity index (χ0n) is 18.2. The van der Waals surface area contributed by atoms with Crippen LogP contribution in [0.4, 0.5) is 21.5 Å². The summed E-state index contributed by atoms with van der Waals surface area (Å²) in [5.41, 5.74) is 9.08. The first-order chi connectivity index (χ1) is 16.7. The summed E-state index contributed by atoms with van der Waals surface area (Å²) in [5, 5.41) is 9.50. The van der Waals surface area contributed by atoms with Gasteiger partial charge in [-0.2, -0.15) is 5.10 Å². The number of hydrogen-bond acceptors (Lipinski definition) is 6. The Hall–Kier alpha value is -4.20. The highest BCUT2D eigenvalue weighted by molar-refractivity contribution is 6.24. The zero-order chi connectivity index (χ0) is 22.8. The van der Waals surface area contributed by atoms with Crippen molar-refractivity contribution in [2.45, 2.75) is 25.2 Å². The number of rotatable bonds is 4. The van der Waals surface area contributed by atoms with Gasteiger partial charge in [0.25, 0.3) is 0 Å². The van der Waals surface area contributed by atoms with E-state index in [9.17, 15) is 9.18 Å². The molecule has 7 nitrogen and oxygen atoms in total. The summed E-state index contributed by atoms with van der Waals surface area (Å²) < 4.78 is 18.8. The van der Waals surface area contributed by atoms with Crippen LogP contribution in [0.2, 0.25) is 0 Å². The van der Waals surface area contributed by atoms with Crippen LogP contribution in [0.25, 0.3) is 11.0 Å². The van der Waals surface area contributed by atoms with Crippen LogP contribution in [0.5, 0.6) is 0 Å². The molecule has 1 amide bonds. The Morgan fingerprint density at radius 2 is 1.97 bits per heavy atom. The SMILES string of the molecule is O=C1C(CCCc2noc3cc(F)ccc23)c2cccc3c2N1c1ccccc1N1CNN=C31. The Morgan fingerprint density at radius 1 is 1.09 bits per heavy atom. The van der Waals surface area contributed by atoms with E-state index in [4.69, 9.17) is 4.52 Å². The fourth-order valence-electron chi connectivity index (χ4n) is 5.41. The summed E-state index contributed by atoms with van der Waals surface area (Å²) in [6.07, 6.45) is 2.08. The highest BCUT2D eigenvalue weighted by Gasteiger charge is 2.44. The maximum Gasteiger partial charge on any atom is 0.239 e. The predicted octanol–water partition coefficient (Wildman–Crippen LogP) is 4.79. The minimum Gasteiger partial charge on any atom is -0.356 e. The predicted molar refractivity (Wildman–Crippen MR) is 127 cm³/mol. The number of aryl methyl sites for hydroxylation is 1. The second-order valence-electron chi connectivity index (χ2n) is 8.80. The molecule has 1 atom stereocenters. The number of fused-ring (bicyclic) bond motifs is 6. The summed E-state index contributed by atoms with van der Waals surface area (Å²) in [4.78, 5) is 17.8. The first-order valence-electron chi connectivity index (χ1n) is 11.4. The van der Waals surface area contributed by atoms with E-state index in [-0.39, 0.29) is 17.6 Å². The number of aromatic nitrogens is 1. The molecule has 1 N–H and O–H groups in total. The number of anilines is 3. The number of carbonyl (C=O) groups excluding carboxylic acids is 1. The summed E-state index contributed by atoms with van der Waals surface area (Å²) >= 11 is 0. The molecule has 0 aliphatic carbocycles. The van der Waals surface area contributed by atoms with Crippen LogP contribution in [0.1, 0.15) is 35.6 Å². The van der Waals surface area contributed by atoms with Gasteiger partial charge in [-0.05, 0) is 55.2 Å². The minimum absolute atomic E-state index is 0.0803. The van der Waals surface area contributed by atoms with Crippen molar-refractivity contribution in [2.24, 2.45) is 5.10 Å². The van der Waals surface area contributed by atoms with Gasteiger partial charge in [0.15, 0.2) is 11.4 Å². The second kappa shape index (κ2) is 7.15. The molecule has 0 spiro atoms. The molecule has 0 saturated carbocycles. The number of para-hydroxylation sites is 3. The molecule has 3 aromatic carbocycles. The highest BCUT2D eigenvalue weighted by atomic mass is 19.1. The molecule has 34 heavy (non-hydrogen) atoms. The molecular weight excluding hydrogens is 433 g/mol. The Morgan fingerprint density at radius 3 is 2.88 bits per heavy atom. The molecule has 0 radical (unpaired) electrons. The lowest BCUT2D eigenvalue weighted by molar-refractivity contribution is -0.118. The van der Waals surface area contributed by atoms with Crippen molar-refractivity contribution in [2.75, 3.05) is 16.5 Å². The maximum atomic E-state index is 13.8. The molecule has 8 heteroatoms. The van der Waals surface area contributed by atoms with E-state index in [1.807, 2.05) is 41.3 Å². The Bertz CT molecular complexity index is 1510. The van der Waals surface area contributed by atoms with Gasteiger partial charge in [-0.3, -0.25) is 15.1 Å². The van der Waals surface area contributed by atoms with E-state index < -0.39 is 0 Å². The van der Waals surface area contributed by atoms with Gasteiger partial charge in [-0.1, -0.05) is 29.4 Å². The smallest absolute Gasteiger partial charge is 0.239 e. The van der Waals surface area contributed by atoms with E-state index in [0.29, 0.717) is 25.1 Å². The molecule has 3 aliphatic rings. The number of halogens is 1. The van der Waals surface area contributed by atoms with Crippen molar-refractivity contribution in [3.8, 4) is 0 Å². The maximum absolute atomic E-state index is 13.8. The third kappa shape index (κ3) is 2.65. The van der Waals surface area contributed by atoms with Crippen molar-refractivity contribution in [3.05, 3.63) is 83.3 Å². The number of hydrogen-bond donors (Lipinski definition) is 1. The number of amidine groups is 1. The largest absolute Gasteiger partial charge is 0.356 e. The number of carbonyl (C=O) groups is 1. The van der Waals surface area contributed by atoms with E-state index in [0.717, 1.165) is 51.5 Å². The lowest BCUT2D eigenvalue weighted by Crippen LogP contribution is -2.29. The Kier molecular flexibility index (Phi) is 4.05. The summed E-state index contributed by atoms with van der Waals surface area (Å²) in [6, 6.07) is 18.5. The van der Waals surface area contributed by atoms with Crippen LogP contribution in [0, 0.1) is 5.82 Å². The molecular formula is C26H20FN5O2. The van der Waals surface area contributed by atoms with Crippen molar-refractivity contribution >= 4 is 39.8 Å². The molecule has 4 heterocycles. The molecule has 0 fully saturated rings. The average Bonchev–Trinajstić information content (AvgIpc) is 3.54. The van der Waals surface area contributed by atoms with E-state index in [2.05, 4.69) is 26.7 Å². The van der Waals surface area contributed by atoms with Crippen molar-refractivity contribution in [3.63, 3.8) is 0 Å². The standard InChI is InChI=1S/C26H20FN5O2/c27-15-11-12-18-20(30-34-23(18)13-15)8-4-6-17-16-5-3-7-19-24(16)32(26(17)33)22-10-2-1-9-21(22)31-14-28-29-25(19)31/h1-3,5,7,9-13,17,28H,4,6,8,14H2. The molecule has 1 aromatic heterocycles. The van der Waals surface area contributed by atoms with Crippen LogP contribution >= 0.6 is 0 Å². The summed E-state index contributed by atoms with van der Waals surface area (Å²) in [5.74, 6) is 0.319. The average molecular weight is 453 g/mol. The van der Waals surface area contributed by atoms with Crippen LogP contribution in [0.15, 0.2) is 70.3 Å². The monoisotopic (exact) mass is 453 g/mol. The quantitative estimate of drug-likeness (QED) is 0.481. The molecule has 7 rings (SSSR count). The van der Waals surface area contributed by atoms with Crippen LogP contribution in [0.3, 0.4) is 0 Å². The van der Waals surface area contributed by atoms with Gasteiger partial charge < -0.3 is 9.42 Å². The normalized spacial score (nSPS) is 17.9. The van der Waals surface area contributed by atoms with E-state index in [1.165, 1.54) is 12.1 Å². The molecule has 4 aromatic rings. The van der Waals surface area contributed by atoms with Crippen molar-refractivity contribution < 1.29 is 13.7 Å². The zero-order valence-corrected chi connectivity index (χ0v) is 18.2. The number of benzene rings is 3. The number of nitrogens with one attached hydrogen (secondary N) is 1. The second-order valence-corrected chi connectivity index (χ2v) is 8.80. The minimum atomic E-state index is -0.346. The fourth-order valence-corrected chi connectivity index (χ4v) is 5.41. The van der Waals surface area contributed by atoms with Crippen LogP contribution in [-0.2, 0) is 11.2 Å². The van der Waals surface area contributed by atoms with Gasteiger partial charge in [0.05, 0.1) is 28.7 Å². The van der Waals surface area contributed by atoms with E-state index in [1.54, 1.807) is 6.07 Å². The Balaban J connectivity index is 1.24. The van der Waals surface area contributed by atoms with Gasteiger partial charge >= 0.3 is 0 Å². The highest BCUT2D eigenvalue weighted by Crippen LogP contribution is 2.51. The van der Waals surface area contributed by atoms with Crippen LogP contribution < -0.4 is 15.2 Å². The molecule has 168 valence electrons. The lowest BCUT2D eigenvalue weighted by Gasteiger charge is -2.23. The van der Waals surface area contributed by atoms with Gasteiger partial charge in [0.2, 0.25) is 5.91 Å². The third-order valence-corrected chi connectivity index (χ3v) is 6.92. The summed E-state index contributed by atoms with van der Waals surface area (Å²) in [6.45, 7) is 0.566. The van der Waals surface area contributed by atoms with Gasteiger partial charge in [-0.25, -0.2) is 4.39 Å². The van der Waals surface area contributed by atoms with Crippen LogP contribution in [-0.4, -0.2) is 23.6 Å². The van der Waals surface area contributed by atoms with Crippen molar-refractivity contribution in [1.82, 2.24) is 10.6 Å². The van der Waals surface area contributed by atoms with Gasteiger partial charge in [0.1, 0.15) is 12.5 Å². The topological polar surface area (TPSA) is 74.0 Å². The number of amides is 1. The first-order valence-corrected chi connectivity index (χ1v) is 11.4. The first kappa shape index (κ1) is 19.3. The molecule has 3 aliphatic heterocycles. The van der Waals surface area contributed by atoms with E-state index >= 15 is 0 Å². The van der Waals surface area contributed by atoms with Gasteiger partial charge in [0, 0.05) is 17.0 Å². The van der Waals surface area contributed by atoms with Gasteiger partial charge in [-0.15, -0.1) is 0 Å². The molecule has 0 saturated heterocycles. The van der Waals surface area contributed by atoms with Crippen molar-refractivity contribution in [1.29, 1.82) is 0 Å². The fraction of sp³-hybridized carbons (Fsp3) is 0.192. The number of hydrazone groups is 1.